The molecule has 0 fully saturated rings. The summed E-state index contributed by atoms with van der Waals surface area (Å²) in [7, 11) is -1.34. The molecule has 0 aliphatic rings. The topological polar surface area (TPSA) is 95.2 Å². The number of carbonyl (C=O) groups is 1. The first-order valence-electron chi connectivity index (χ1n) is 11.3. The zero-order valence-corrected chi connectivity index (χ0v) is 21.9. The SMILES string of the molecule is C[Si](C)(C)CCOCn1c(-c2ccnc3[nH]ccc23)cc(C(N)=O)c1-c1ccc(OC(F)F)cc1Cl. The van der Waals surface area contributed by atoms with Gasteiger partial charge in [0.1, 0.15) is 18.1 Å². The molecule has 190 valence electrons. The van der Waals surface area contributed by atoms with Gasteiger partial charge in [-0.2, -0.15) is 8.78 Å². The van der Waals surface area contributed by atoms with E-state index in [9.17, 15) is 13.6 Å². The van der Waals surface area contributed by atoms with E-state index in [-0.39, 0.29) is 23.1 Å². The summed E-state index contributed by atoms with van der Waals surface area (Å²) in [5.41, 5.74) is 9.07. The van der Waals surface area contributed by atoms with Crippen LogP contribution in [0, 0.1) is 0 Å². The van der Waals surface area contributed by atoms with Crippen LogP contribution >= 0.6 is 11.6 Å². The number of pyridine rings is 1. The van der Waals surface area contributed by atoms with Gasteiger partial charge >= 0.3 is 6.61 Å². The summed E-state index contributed by atoms with van der Waals surface area (Å²) in [6.45, 7) is 4.47. The van der Waals surface area contributed by atoms with Gasteiger partial charge in [0.15, 0.2) is 0 Å². The molecule has 0 atom stereocenters. The Balaban J connectivity index is 1.88. The lowest BCUT2D eigenvalue weighted by atomic mass is 10.1. The Bertz CT molecular complexity index is 1400. The van der Waals surface area contributed by atoms with E-state index in [1.165, 1.54) is 18.2 Å². The van der Waals surface area contributed by atoms with Gasteiger partial charge in [-0.15, -0.1) is 0 Å². The van der Waals surface area contributed by atoms with Crippen molar-refractivity contribution < 1.29 is 23.0 Å². The minimum absolute atomic E-state index is 0.0905. The molecule has 0 spiro atoms. The van der Waals surface area contributed by atoms with Crippen molar-refractivity contribution in [3.8, 4) is 28.3 Å². The molecule has 0 aliphatic heterocycles. The van der Waals surface area contributed by atoms with Crippen LogP contribution in [0.3, 0.4) is 0 Å². The number of benzene rings is 1. The van der Waals surface area contributed by atoms with Gasteiger partial charge in [-0.1, -0.05) is 31.2 Å². The standard InChI is InChI=1S/C25H27ClF2N4O3Si/c1-36(2,3)11-10-34-14-32-21(16-6-8-30-24-17(16)7-9-31-24)13-19(23(29)33)22(32)18-5-4-15(12-20(18)26)35-25(27)28/h4-9,12-13,25H,10-11,14H2,1-3H3,(H2,29,33)(H,30,31). The van der Waals surface area contributed by atoms with E-state index in [1.54, 1.807) is 18.5 Å². The number of ether oxygens (including phenoxy) is 2. The molecule has 0 unspecified atom stereocenters. The third-order valence-corrected chi connectivity index (χ3v) is 7.75. The molecule has 11 heteroatoms. The summed E-state index contributed by atoms with van der Waals surface area (Å²) in [5.74, 6) is -0.748. The van der Waals surface area contributed by atoms with Gasteiger partial charge < -0.3 is 24.8 Å². The van der Waals surface area contributed by atoms with Crippen molar-refractivity contribution in [2.75, 3.05) is 6.61 Å². The largest absolute Gasteiger partial charge is 0.435 e. The Morgan fingerprint density at radius 1 is 1.19 bits per heavy atom. The Hall–Kier alpha value is -3.21. The highest BCUT2D eigenvalue weighted by molar-refractivity contribution is 6.76. The minimum atomic E-state index is -2.99. The Kier molecular flexibility index (Phi) is 7.48. The lowest BCUT2D eigenvalue weighted by Gasteiger charge is -2.19. The van der Waals surface area contributed by atoms with Gasteiger partial charge in [0.25, 0.3) is 5.91 Å². The fraction of sp³-hybridized carbons (Fsp3) is 0.280. The fourth-order valence-corrected chi connectivity index (χ4v) is 4.98. The lowest BCUT2D eigenvalue weighted by molar-refractivity contribution is -0.0498. The van der Waals surface area contributed by atoms with Crippen molar-refractivity contribution in [3.05, 3.63) is 59.4 Å². The number of halogens is 3. The first-order chi connectivity index (χ1) is 17.0. The molecule has 36 heavy (non-hydrogen) atoms. The zero-order chi connectivity index (χ0) is 26.0. The third-order valence-electron chi connectivity index (χ3n) is 5.74. The van der Waals surface area contributed by atoms with E-state index in [0.29, 0.717) is 29.2 Å². The molecule has 3 heterocycles. The maximum absolute atomic E-state index is 12.7. The number of rotatable bonds is 10. The second-order valence-electron chi connectivity index (χ2n) is 9.55. The van der Waals surface area contributed by atoms with Crippen molar-refractivity contribution in [2.24, 2.45) is 5.73 Å². The van der Waals surface area contributed by atoms with E-state index in [1.807, 2.05) is 16.7 Å². The number of aromatic nitrogens is 3. The summed E-state index contributed by atoms with van der Waals surface area (Å²) in [5, 5.41) is 0.984. The van der Waals surface area contributed by atoms with Crippen LogP contribution in [-0.4, -0.2) is 41.7 Å². The predicted molar refractivity (Wildman–Crippen MR) is 139 cm³/mol. The molecule has 0 radical (unpaired) electrons. The fourth-order valence-electron chi connectivity index (χ4n) is 3.97. The van der Waals surface area contributed by atoms with Crippen LogP contribution in [-0.2, 0) is 11.5 Å². The van der Waals surface area contributed by atoms with Gasteiger partial charge in [-0.05, 0) is 42.4 Å². The van der Waals surface area contributed by atoms with Crippen LogP contribution in [0.5, 0.6) is 5.75 Å². The highest BCUT2D eigenvalue weighted by Crippen LogP contribution is 2.39. The zero-order valence-electron chi connectivity index (χ0n) is 20.1. The van der Waals surface area contributed by atoms with Gasteiger partial charge in [0.05, 0.1) is 22.0 Å². The lowest BCUT2D eigenvalue weighted by Crippen LogP contribution is -2.22. The first-order valence-corrected chi connectivity index (χ1v) is 15.4. The number of nitrogens with two attached hydrogens (primary N) is 1. The molecule has 3 N–H and O–H groups in total. The Labute approximate surface area is 213 Å². The molecule has 1 amide bonds. The van der Waals surface area contributed by atoms with Crippen LogP contribution < -0.4 is 10.5 Å². The molecule has 4 aromatic rings. The summed E-state index contributed by atoms with van der Waals surface area (Å²) < 4.78 is 37.8. The predicted octanol–water partition coefficient (Wildman–Crippen LogP) is 6.36. The van der Waals surface area contributed by atoms with Crippen molar-refractivity contribution in [1.82, 2.24) is 14.5 Å². The normalized spacial score (nSPS) is 12.0. The van der Waals surface area contributed by atoms with Gasteiger partial charge in [0.2, 0.25) is 0 Å². The van der Waals surface area contributed by atoms with E-state index in [0.717, 1.165) is 17.0 Å². The molecule has 0 aliphatic carbocycles. The number of nitrogens with zero attached hydrogens (tertiary/aromatic N) is 2. The monoisotopic (exact) mass is 532 g/mol. The van der Waals surface area contributed by atoms with Crippen LogP contribution in [0.1, 0.15) is 10.4 Å². The van der Waals surface area contributed by atoms with Gasteiger partial charge in [-0.3, -0.25) is 4.79 Å². The van der Waals surface area contributed by atoms with Gasteiger partial charge in [-0.25, -0.2) is 4.98 Å². The van der Waals surface area contributed by atoms with Crippen LogP contribution in [0.2, 0.25) is 30.7 Å². The number of amides is 1. The number of fused-ring (bicyclic) bond motifs is 1. The van der Waals surface area contributed by atoms with E-state index in [2.05, 4.69) is 34.3 Å². The van der Waals surface area contributed by atoms with Gasteiger partial charge in [0, 0.05) is 43.6 Å². The van der Waals surface area contributed by atoms with Crippen LogP contribution in [0.25, 0.3) is 33.5 Å². The van der Waals surface area contributed by atoms with Crippen molar-refractivity contribution in [1.29, 1.82) is 0 Å². The summed E-state index contributed by atoms with van der Waals surface area (Å²) in [6, 6.07) is 10.6. The number of primary amides is 1. The summed E-state index contributed by atoms with van der Waals surface area (Å²) >= 11 is 6.51. The smallest absolute Gasteiger partial charge is 0.387 e. The maximum Gasteiger partial charge on any atom is 0.387 e. The minimum Gasteiger partial charge on any atom is -0.435 e. The number of carbonyl (C=O) groups excluding carboxylic acids is 1. The molecule has 0 saturated carbocycles. The van der Waals surface area contributed by atoms with E-state index in [4.69, 9.17) is 22.1 Å². The number of hydrogen-bond donors (Lipinski definition) is 2. The van der Waals surface area contributed by atoms with E-state index < -0.39 is 20.6 Å². The van der Waals surface area contributed by atoms with Crippen molar-refractivity contribution in [3.63, 3.8) is 0 Å². The van der Waals surface area contributed by atoms with E-state index >= 15 is 0 Å². The molecular formula is C25H27ClF2N4O3Si. The molecule has 1 aromatic carbocycles. The average molecular weight is 533 g/mol. The Morgan fingerprint density at radius 3 is 2.64 bits per heavy atom. The number of nitrogens with one attached hydrogen (secondary N) is 1. The molecule has 7 nitrogen and oxygen atoms in total. The Morgan fingerprint density at radius 2 is 1.97 bits per heavy atom. The quantitative estimate of drug-likeness (QED) is 0.183. The highest BCUT2D eigenvalue weighted by atomic mass is 35.5. The molecule has 3 aromatic heterocycles. The molecule has 4 rings (SSSR count). The average Bonchev–Trinajstić information content (AvgIpc) is 3.41. The molecular weight excluding hydrogens is 506 g/mol. The maximum atomic E-state index is 12.7. The number of hydrogen-bond acceptors (Lipinski definition) is 4. The summed E-state index contributed by atoms with van der Waals surface area (Å²) in [4.78, 5) is 20.0. The van der Waals surface area contributed by atoms with Crippen LogP contribution in [0.15, 0.2) is 48.8 Å². The second kappa shape index (κ2) is 10.4. The molecule has 0 saturated heterocycles. The highest BCUT2D eigenvalue weighted by Gasteiger charge is 2.25. The molecule has 0 bridgehead atoms. The van der Waals surface area contributed by atoms with Crippen molar-refractivity contribution in [2.45, 2.75) is 39.0 Å². The van der Waals surface area contributed by atoms with Crippen molar-refractivity contribution >= 4 is 36.6 Å². The third kappa shape index (κ3) is 5.61. The number of aromatic amines is 1. The first kappa shape index (κ1) is 25.9. The second-order valence-corrected chi connectivity index (χ2v) is 15.6. The van der Waals surface area contributed by atoms with Crippen LogP contribution in [0.4, 0.5) is 8.78 Å². The number of H-pyrrole nitrogens is 1. The number of alkyl halides is 2. The summed E-state index contributed by atoms with van der Waals surface area (Å²) in [6.07, 6.45) is 3.46.